The lowest BCUT2D eigenvalue weighted by Gasteiger charge is -2.30. The van der Waals surface area contributed by atoms with E-state index in [1.165, 1.54) is 0 Å². The summed E-state index contributed by atoms with van der Waals surface area (Å²) in [7, 11) is 1.92. The van der Waals surface area contributed by atoms with Crippen LogP contribution < -0.4 is 10.4 Å². The van der Waals surface area contributed by atoms with Crippen LogP contribution in [0, 0.1) is 6.92 Å². The van der Waals surface area contributed by atoms with E-state index in [0.717, 1.165) is 34.3 Å². The topological polar surface area (TPSA) is 46.0 Å². The Labute approximate surface area is 133 Å². The van der Waals surface area contributed by atoms with Crippen molar-refractivity contribution in [3.05, 3.63) is 53.3 Å². The van der Waals surface area contributed by atoms with E-state index in [9.17, 15) is 0 Å². The maximum absolute atomic E-state index is 6.36. The van der Waals surface area contributed by atoms with E-state index in [4.69, 9.17) is 11.6 Å². The van der Waals surface area contributed by atoms with Crippen LogP contribution in [0.5, 0.6) is 0 Å². The molecular weight excluding hydrogens is 298 g/mol. The van der Waals surface area contributed by atoms with Gasteiger partial charge in [0.1, 0.15) is 5.82 Å². The molecule has 0 bridgehead atoms. The lowest BCUT2D eigenvalue weighted by atomic mass is 10.0. The molecule has 0 radical (unpaired) electrons. The van der Waals surface area contributed by atoms with Gasteiger partial charge in [-0.1, -0.05) is 41.9 Å². The van der Waals surface area contributed by atoms with Crippen molar-refractivity contribution >= 4 is 23.2 Å². The van der Waals surface area contributed by atoms with E-state index in [1.807, 2.05) is 53.9 Å². The smallest absolute Gasteiger partial charge is 0.250 e. The quantitative estimate of drug-likeness (QED) is 0.745. The van der Waals surface area contributed by atoms with E-state index >= 15 is 0 Å². The van der Waals surface area contributed by atoms with Crippen molar-refractivity contribution < 1.29 is 0 Å². The highest BCUT2D eigenvalue weighted by Crippen LogP contribution is 2.40. The van der Waals surface area contributed by atoms with Crippen LogP contribution >= 0.6 is 11.6 Å². The third kappa shape index (κ3) is 1.86. The Hall–Kier alpha value is -2.53. The van der Waals surface area contributed by atoms with E-state index in [-0.39, 0.29) is 0 Å². The van der Waals surface area contributed by atoms with Crippen LogP contribution in [0.4, 0.5) is 11.6 Å². The highest BCUT2D eigenvalue weighted by atomic mass is 35.5. The predicted molar refractivity (Wildman–Crippen MR) is 88.6 cm³/mol. The van der Waals surface area contributed by atoms with Crippen LogP contribution in [0.25, 0.3) is 16.8 Å². The lowest BCUT2D eigenvalue weighted by molar-refractivity contribution is 0.889. The number of hydrogen-bond acceptors (Lipinski definition) is 4. The van der Waals surface area contributed by atoms with Crippen molar-refractivity contribution in [2.24, 2.45) is 0 Å². The molecule has 4 rings (SSSR count). The average Bonchev–Trinajstić information content (AvgIpc) is 2.91. The molecule has 22 heavy (non-hydrogen) atoms. The zero-order valence-electron chi connectivity index (χ0n) is 12.2. The predicted octanol–water partition coefficient (Wildman–Crippen LogP) is 3.67. The SMILES string of the molecule is Cc1nnc2n1-c1cc(Cl)cc(-c3ccccc3)c1NN2C. The van der Waals surface area contributed by atoms with Gasteiger partial charge in [0.25, 0.3) is 0 Å². The molecule has 1 aliphatic heterocycles. The molecule has 1 N–H and O–H groups in total. The van der Waals surface area contributed by atoms with E-state index < -0.39 is 0 Å². The van der Waals surface area contributed by atoms with Crippen molar-refractivity contribution in [3.8, 4) is 16.8 Å². The van der Waals surface area contributed by atoms with Crippen LogP contribution in [0.1, 0.15) is 5.82 Å². The maximum atomic E-state index is 6.36. The van der Waals surface area contributed by atoms with Gasteiger partial charge in [-0.15, -0.1) is 10.2 Å². The van der Waals surface area contributed by atoms with Crippen LogP contribution in [0.15, 0.2) is 42.5 Å². The van der Waals surface area contributed by atoms with Crippen molar-refractivity contribution in [1.29, 1.82) is 0 Å². The van der Waals surface area contributed by atoms with E-state index in [2.05, 4.69) is 27.8 Å². The summed E-state index contributed by atoms with van der Waals surface area (Å²) in [6.45, 7) is 1.93. The van der Waals surface area contributed by atoms with Crippen LogP contribution in [0.2, 0.25) is 5.02 Å². The molecule has 0 amide bonds. The Morgan fingerprint density at radius 2 is 1.86 bits per heavy atom. The molecule has 1 aromatic heterocycles. The van der Waals surface area contributed by atoms with Gasteiger partial charge in [0.15, 0.2) is 0 Å². The summed E-state index contributed by atoms with van der Waals surface area (Å²) in [5.41, 5.74) is 7.49. The van der Waals surface area contributed by atoms with Gasteiger partial charge >= 0.3 is 0 Å². The standard InChI is InChI=1S/C16H14ClN5/c1-10-18-19-16-21(2)20-15-13(11-6-4-3-5-7-11)8-12(17)9-14(15)22(10)16/h3-9,20H,1-2H3. The molecule has 6 heteroatoms. The molecule has 3 aromatic rings. The van der Waals surface area contributed by atoms with Gasteiger partial charge in [0.05, 0.1) is 11.4 Å². The molecule has 0 fully saturated rings. The first-order chi connectivity index (χ1) is 10.6. The number of halogens is 1. The van der Waals surface area contributed by atoms with Gasteiger partial charge in [-0.05, 0) is 24.6 Å². The molecule has 0 unspecified atom stereocenters. The van der Waals surface area contributed by atoms with E-state index in [1.54, 1.807) is 0 Å². The number of anilines is 2. The number of hydrazine groups is 1. The van der Waals surface area contributed by atoms with Crippen molar-refractivity contribution in [2.75, 3.05) is 17.5 Å². The number of fused-ring (bicyclic) bond motifs is 3. The number of benzene rings is 2. The van der Waals surface area contributed by atoms with Crippen molar-refractivity contribution in [1.82, 2.24) is 14.8 Å². The first kappa shape index (κ1) is 13.2. The Balaban J connectivity index is 2.03. The van der Waals surface area contributed by atoms with Gasteiger partial charge in [0, 0.05) is 17.6 Å². The zero-order valence-corrected chi connectivity index (χ0v) is 13.0. The van der Waals surface area contributed by atoms with Crippen LogP contribution in [-0.4, -0.2) is 21.8 Å². The Morgan fingerprint density at radius 3 is 2.64 bits per heavy atom. The summed E-state index contributed by atoms with van der Waals surface area (Å²) in [5.74, 6) is 1.57. The Kier molecular flexibility index (Phi) is 2.84. The minimum absolute atomic E-state index is 0.683. The average molecular weight is 312 g/mol. The maximum Gasteiger partial charge on any atom is 0.250 e. The van der Waals surface area contributed by atoms with Gasteiger partial charge in [-0.25, -0.2) is 0 Å². The third-order valence-electron chi connectivity index (χ3n) is 3.80. The third-order valence-corrected chi connectivity index (χ3v) is 4.01. The van der Waals surface area contributed by atoms with Gasteiger partial charge in [-0.2, -0.15) is 0 Å². The monoisotopic (exact) mass is 311 g/mol. The summed E-state index contributed by atoms with van der Waals surface area (Å²) < 4.78 is 2.00. The van der Waals surface area contributed by atoms with Gasteiger partial charge < -0.3 is 0 Å². The van der Waals surface area contributed by atoms with Crippen LogP contribution in [0.3, 0.4) is 0 Å². The molecule has 1 aliphatic rings. The van der Waals surface area contributed by atoms with Crippen molar-refractivity contribution in [3.63, 3.8) is 0 Å². The molecule has 0 atom stereocenters. The number of aryl methyl sites for hydroxylation is 1. The summed E-state index contributed by atoms with van der Waals surface area (Å²) in [6, 6.07) is 14.1. The highest BCUT2D eigenvalue weighted by molar-refractivity contribution is 6.31. The molecule has 110 valence electrons. The van der Waals surface area contributed by atoms with Gasteiger partial charge in [0.2, 0.25) is 5.95 Å². The molecule has 0 spiro atoms. The molecule has 2 heterocycles. The zero-order chi connectivity index (χ0) is 15.3. The molecule has 2 aromatic carbocycles. The fourth-order valence-corrected chi connectivity index (χ4v) is 3.01. The molecule has 0 aliphatic carbocycles. The largest absolute Gasteiger partial charge is 0.293 e. The Morgan fingerprint density at radius 1 is 1.09 bits per heavy atom. The molecule has 0 saturated heterocycles. The summed E-state index contributed by atoms with van der Waals surface area (Å²) in [6.07, 6.45) is 0. The summed E-state index contributed by atoms with van der Waals surface area (Å²) in [4.78, 5) is 0. The van der Waals surface area contributed by atoms with Crippen LogP contribution in [-0.2, 0) is 0 Å². The highest BCUT2D eigenvalue weighted by Gasteiger charge is 2.26. The minimum Gasteiger partial charge on any atom is -0.293 e. The fraction of sp³-hybridized carbons (Fsp3) is 0.125. The second kappa shape index (κ2) is 4.74. The summed E-state index contributed by atoms with van der Waals surface area (Å²) >= 11 is 6.36. The first-order valence-corrected chi connectivity index (χ1v) is 7.34. The molecule has 0 saturated carbocycles. The second-order valence-electron chi connectivity index (χ2n) is 5.27. The second-order valence-corrected chi connectivity index (χ2v) is 5.70. The number of rotatable bonds is 1. The Bertz CT molecular complexity index is 856. The lowest BCUT2D eigenvalue weighted by Crippen LogP contribution is -2.32. The minimum atomic E-state index is 0.683. The first-order valence-electron chi connectivity index (χ1n) is 6.97. The number of nitrogens with one attached hydrogen (secondary N) is 1. The molecule has 5 nitrogen and oxygen atoms in total. The molecular formula is C16H14ClN5. The van der Waals surface area contributed by atoms with Crippen molar-refractivity contribution in [2.45, 2.75) is 6.92 Å². The van der Waals surface area contributed by atoms with E-state index in [0.29, 0.717) is 5.02 Å². The summed E-state index contributed by atoms with van der Waals surface area (Å²) in [5, 5.41) is 10.9. The number of hydrogen-bond donors (Lipinski definition) is 1. The number of nitrogens with zero attached hydrogens (tertiary/aromatic N) is 4. The van der Waals surface area contributed by atoms with Gasteiger partial charge in [-0.3, -0.25) is 15.0 Å². The fourth-order valence-electron chi connectivity index (χ4n) is 2.80. The number of aromatic nitrogens is 3. The normalized spacial score (nSPS) is 12.6.